The Bertz CT molecular complexity index is 1220. The van der Waals surface area contributed by atoms with Crippen LogP contribution in [0.1, 0.15) is 12.5 Å². The standard InChI is InChI=1S/C21H23ClN2O5S/c1-4-23-30(26,27)24(3)10-11-28-19-12-14(2)8-9-16(19)20-13-18(25)15-6-5-7-17(22)21(15)29-20/h5-9,12-13,23H,4,10-11H2,1-3H3. The number of halogens is 1. The third-order valence-electron chi connectivity index (χ3n) is 4.51. The summed E-state index contributed by atoms with van der Waals surface area (Å²) >= 11 is 6.21. The fourth-order valence-corrected chi connectivity index (χ4v) is 4.04. The van der Waals surface area contributed by atoms with Crippen molar-refractivity contribution < 1.29 is 17.6 Å². The molecule has 0 aliphatic carbocycles. The lowest BCUT2D eigenvalue weighted by Crippen LogP contribution is -2.40. The SMILES string of the molecule is CCNS(=O)(=O)N(C)CCOc1cc(C)ccc1-c1cc(=O)c2cccc(Cl)c2o1. The molecule has 2 aromatic carbocycles. The van der Waals surface area contributed by atoms with Crippen molar-refractivity contribution in [2.75, 3.05) is 26.7 Å². The van der Waals surface area contributed by atoms with Crippen LogP contribution in [0, 0.1) is 6.92 Å². The van der Waals surface area contributed by atoms with Crippen LogP contribution < -0.4 is 14.9 Å². The highest BCUT2D eigenvalue weighted by atomic mass is 35.5. The largest absolute Gasteiger partial charge is 0.491 e. The minimum absolute atomic E-state index is 0.121. The molecule has 1 aromatic heterocycles. The molecule has 7 nitrogen and oxygen atoms in total. The van der Waals surface area contributed by atoms with Gasteiger partial charge in [-0.1, -0.05) is 30.7 Å². The molecule has 30 heavy (non-hydrogen) atoms. The number of ether oxygens (including phenoxy) is 1. The van der Waals surface area contributed by atoms with Gasteiger partial charge >= 0.3 is 0 Å². The molecule has 0 spiro atoms. The lowest BCUT2D eigenvalue weighted by molar-refractivity contribution is 0.286. The molecule has 1 N–H and O–H groups in total. The van der Waals surface area contributed by atoms with E-state index in [1.54, 1.807) is 31.2 Å². The molecule has 1 heterocycles. The Balaban J connectivity index is 1.91. The second kappa shape index (κ2) is 9.18. The van der Waals surface area contributed by atoms with Gasteiger partial charge < -0.3 is 9.15 Å². The van der Waals surface area contributed by atoms with Crippen molar-refractivity contribution in [1.29, 1.82) is 0 Å². The molecule has 0 aliphatic rings. The number of hydrogen-bond acceptors (Lipinski definition) is 5. The predicted octanol–water partition coefficient (Wildman–Crippen LogP) is 3.59. The molecule has 0 bridgehead atoms. The normalized spacial score (nSPS) is 11.9. The van der Waals surface area contributed by atoms with Gasteiger partial charge in [0.05, 0.1) is 16.0 Å². The minimum Gasteiger partial charge on any atom is -0.491 e. The Morgan fingerprint density at radius 3 is 2.70 bits per heavy atom. The van der Waals surface area contributed by atoms with Gasteiger partial charge in [0.1, 0.15) is 18.1 Å². The van der Waals surface area contributed by atoms with E-state index in [1.165, 1.54) is 17.4 Å². The van der Waals surface area contributed by atoms with E-state index < -0.39 is 10.2 Å². The molecular formula is C21H23ClN2O5S. The van der Waals surface area contributed by atoms with Gasteiger partial charge in [0.25, 0.3) is 10.2 Å². The first kappa shape index (κ1) is 22.3. The summed E-state index contributed by atoms with van der Waals surface area (Å²) in [6, 6.07) is 11.9. The lowest BCUT2D eigenvalue weighted by atomic mass is 10.1. The highest BCUT2D eigenvalue weighted by Gasteiger charge is 2.17. The molecule has 3 aromatic rings. The van der Waals surface area contributed by atoms with Crippen molar-refractivity contribution >= 4 is 32.8 Å². The predicted molar refractivity (Wildman–Crippen MR) is 118 cm³/mol. The highest BCUT2D eigenvalue weighted by molar-refractivity contribution is 7.87. The lowest BCUT2D eigenvalue weighted by Gasteiger charge is -2.18. The number of rotatable bonds is 8. The number of nitrogens with one attached hydrogen (secondary N) is 1. The molecule has 9 heteroatoms. The molecule has 0 saturated carbocycles. The van der Waals surface area contributed by atoms with E-state index >= 15 is 0 Å². The number of nitrogens with zero attached hydrogens (tertiary/aromatic N) is 1. The first-order chi connectivity index (χ1) is 14.2. The third-order valence-corrected chi connectivity index (χ3v) is 6.46. The van der Waals surface area contributed by atoms with Crippen LogP contribution in [0.25, 0.3) is 22.3 Å². The Kier molecular flexibility index (Phi) is 6.82. The Labute approximate surface area is 180 Å². The third kappa shape index (κ3) is 4.84. The Hall–Kier alpha value is -2.39. The summed E-state index contributed by atoms with van der Waals surface area (Å²) in [5.41, 5.74) is 1.63. The molecule has 0 saturated heterocycles. The van der Waals surface area contributed by atoms with Crippen LogP contribution in [0.15, 0.2) is 51.7 Å². The molecular weight excluding hydrogens is 428 g/mol. The van der Waals surface area contributed by atoms with E-state index in [0.29, 0.717) is 39.6 Å². The Morgan fingerprint density at radius 1 is 1.20 bits per heavy atom. The summed E-state index contributed by atoms with van der Waals surface area (Å²) in [7, 11) is -2.07. The van der Waals surface area contributed by atoms with Gasteiger partial charge in [-0.05, 0) is 36.8 Å². The van der Waals surface area contributed by atoms with E-state index in [0.717, 1.165) is 5.56 Å². The summed E-state index contributed by atoms with van der Waals surface area (Å²) in [6.45, 7) is 4.20. The van der Waals surface area contributed by atoms with Crippen LogP contribution in [0.2, 0.25) is 5.02 Å². The summed E-state index contributed by atoms with van der Waals surface area (Å²) in [6.07, 6.45) is 0. The number of hydrogen-bond donors (Lipinski definition) is 1. The van der Waals surface area contributed by atoms with Crippen LogP contribution in [0.5, 0.6) is 5.75 Å². The second-order valence-corrected chi connectivity index (χ2v) is 9.03. The van der Waals surface area contributed by atoms with Gasteiger partial charge in [-0.2, -0.15) is 12.7 Å². The first-order valence-electron chi connectivity index (χ1n) is 9.40. The van der Waals surface area contributed by atoms with Gasteiger partial charge in [-0.15, -0.1) is 0 Å². The molecule has 0 fully saturated rings. The van der Waals surface area contributed by atoms with Crippen LogP contribution in [-0.4, -0.2) is 39.5 Å². The molecule has 0 aliphatic heterocycles. The molecule has 0 unspecified atom stereocenters. The topological polar surface area (TPSA) is 88.9 Å². The van der Waals surface area contributed by atoms with Crippen molar-refractivity contribution in [3.63, 3.8) is 0 Å². The van der Waals surface area contributed by atoms with Crippen LogP contribution in [-0.2, 0) is 10.2 Å². The summed E-state index contributed by atoms with van der Waals surface area (Å²) < 4.78 is 39.4. The van der Waals surface area contributed by atoms with E-state index in [2.05, 4.69) is 4.72 Å². The molecule has 3 rings (SSSR count). The number of para-hydroxylation sites is 1. The highest BCUT2D eigenvalue weighted by Crippen LogP contribution is 2.33. The van der Waals surface area contributed by atoms with Gasteiger partial charge in [0.15, 0.2) is 11.0 Å². The second-order valence-electron chi connectivity index (χ2n) is 6.76. The maximum Gasteiger partial charge on any atom is 0.279 e. The molecule has 0 radical (unpaired) electrons. The molecule has 160 valence electrons. The van der Waals surface area contributed by atoms with E-state index in [-0.39, 0.29) is 18.6 Å². The monoisotopic (exact) mass is 450 g/mol. The van der Waals surface area contributed by atoms with Crippen molar-refractivity contribution in [2.24, 2.45) is 0 Å². The number of fused-ring (bicyclic) bond motifs is 1. The van der Waals surface area contributed by atoms with Crippen molar-refractivity contribution in [3.05, 3.63) is 63.3 Å². The zero-order valence-electron chi connectivity index (χ0n) is 16.9. The molecule has 0 atom stereocenters. The number of aryl methyl sites for hydroxylation is 1. The zero-order valence-corrected chi connectivity index (χ0v) is 18.5. The number of benzene rings is 2. The fourth-order valence-electron chi connectivity index (χ4n) is 2.93. The first-order valence-corrected chi connectivity index (χ1v) is 11.2. The van der Waals surface area contributed by atoms with Gasteiger partial charge in [-0.25, -0.2) is 4.72 Å². The van der Waals surface area contributed by atoms with Gasteiger partial charge in [0, 0.05) is 26.2 Å². The number of likely N-dealkylation sites (N-methyl/N-ethyl adjacent to an activating group) is 1. The van der Waals surface area contributed by atoms with Crippen molar-refractivity contribution in [2.45, 2.75) is 13.8 Å². The zero-order chi connectivity index (χ0) is 21.9. The van der Waals surface area contributed by atoms with Crippen molar-refractivity contribution in [1.82, 2.24) is 9.03 Å². The Morgan fingerprint density at radius 2 is 1.97 bits per heavy atom. The summed E-state index contributed by atoms with van der Waals surface area (Å²) in [5.74, 6) is 0.808. The van der Waals surface area contributed by atoms with Crippen LogP contribution in [0.4, 0.5) is 0 Å². The van der Waals surface area contributed by atoms with E-state index in [4.69, 9.17) is 20.8 Å². The average Bonchev–Trinajstić information content (AvgIpc) is 2.68. The summed E-state index contributed by atoms with van der Waals surface area (Å²) in [5, 5.41) is 0.743. The minimum atomic E-state index is -3.54. The van der Waals surface area contributed by atoms with Crippen molar-refractivity contribution in [3.8, 4) is 17.1 Å². The van der Waals surface area contributed by atoms with Crippen LogP contribution in [0.3, 0.4) is 0 Å². The average molecular weight is 451 g/mol. The van der Waals surface area contributed by atoms with Crippen LogP contribution >= 0.6 is 11.6 Å². The van der Waals surface area contributed by atoms with Gasteiger partial charge in [-0.3, -0.25) is 4.79 Å². The maximum atomic E-state index is 12.5. The summed E-state index contributed by atoms with van der Waals surface area (Å²) in [4.78, 5) is 12.5. The van der Waals surface area contributed by atoms with E-state index in [9.17, 15) is 13.2 Å². The fraction of sp³-hybridized carbons (Fsp3) is 0.286. The smallest absolute Gasteiger partial charge is 0.279 e. The quantitative estimate of drug-likeness (QED) is 0.566. The van der Waals surface area contributed by atoms with Gasteiger partial charge in [0.2, 0.25) is 0 Å². The molecule has 0 amide bonds. The maximum absolute atomic E-state index is 12.5. The van der Waals surface area contributed by atoms with E-state index in [1.807, 2.05) is 19.1 Å².